The maximum Gasteiger partial charge on any atom is 0.256 e. The number of hydrogen-bond donors (Lipinski definition) is 1. The molecule has 0 spiro atoms. The fourth-order valence-corrected chi connectivity index (χ4v) is 3.75. The van der Waals surface area contributed by atoms with Crippen molar-refractivity contribution in [2.75, 3.05) is 49.2 Å². The van der Waals surface area contributed by atoms with E-state index in [2.05, 4.69) is 9.62 Å². The Morgan fingerprint density at radius 2 is 1.63 bits per heavy atom. The lowest BCUT2D eigenvalue weighted by Gasteiger charge is -2.36. The third-order valence-electron chi connectivity index (χ3n) is 4.45. The number of methoxy groups -OCH3 is 1. The number of para-hydroxylation sites is 3. The van der Waals surface area contributed by atoms with Gasteiger partial charge in [0.15, 0.2) is 0 Å². The van der Waals surface area contributed by atoms with Gasteiger partial charge >= 0.3 is 0 Å². The van der Waals surface area contributed by atoms with Crippen molar-refractivity contribution >= 4 is 27.3 Å². The Morgan fingerprint density at radius 3 is 2.30 bits per heavy atom. The highest BCUT2D eigenvalue weighted by Gasteiger charge is 2.25. The summed E-state index contributed by atoms with van der Waals surface area (Å²) in [6, 6.07) is 14.5. The van der Waals surface area contributed by atoms with Crippen LogP contribution in [0.25, 0.3) is 0 Å². The molecular weight excluding hydrogens is 366 g/mol. The molecule has 1 N–H and O–H groups in total. The van der Waals surface area contributed by atoms with Crippen molar-refractivity contribution in [1.29, 1.82) is 0 Å². The summed E-state index contributed by atoms with van der Waals surface area (Å²) >= 11 is 0. The van der Waals surface area contributed by atoms with E-state index >= 15 is 0 Å². The molecule has 1 heterocycles. The first-order chi connectivity index (χ1) is 12.9. The second-order valence-corrected chi connectivity index (χ2v) is 8.12. The molecule has 27 heavy (non-hydrogen) atoms. The van der Waals surface area contributed by atoms with E-state index in [1.165, 1.54) is 0 Å². The van der Waals surface area contributed by atoms with Crippen LogP contribution in [0.1, 0.15) is 10.4 Å². The molecule has 7 nitrogen and oxygen atoms in total. The predicted octanol–water partition coefficient (Wildman–Crippen LogP) is 2.03. The zero-order chi connectivity index (χ0) is 19.4. The van der Waals surface area contributed by atoms with Gasteiger partial charge in [-0.05, 0) is 24.3 Å². The van der Waals surface area contributed by atoms with Gasteiger partial charge in [-0.15, -0.1) is 0 Å². The lowest BCUT2D eigenvalue weighted by atomic mass is 10.1. The summed E-state index contributed by atoms with van der Waals surface area (Å²) in [6.07, 6.45) is 1.07. The van der Waals surface area contributed by atoms with Crippen molar-refractivity contribution in [3.8, 4) is 5.75 Å². The van der Waals surface area contributed by atoms with Gasteiger partial charge in [0.1, 0.15) is 5.75 Å². The van der Waals surface area contributed by atoms with E-state index in [4.69, 9.17) is 4.74 Å². The Kier molecular flexibility index (Phi) is 5.55. The number of nitrogens with zero attached hydrogens (tertiary/aromatic N) is 2. The van der Waals surface area contributed by atoms with E-state index in [0.717, 1.165) is 17.7 Å². The maximum atomic E-state index is 12.9. The molecule has 3 rings (SSSR count). The average Bonchev–Trinajstić information content (AvgIpc) is 2.67. The van der Waals surface area contributed by atoms with Gasteiger partial charge < -0.3 is 14.5 Å². The third kappa shape index (κ3) is 4.51. The van der Waals surface area contributed by atoms with Crippen molar-refractivity contribution < 1.29 is 17.9 Å². The Bertz CT molecular complexity index is 922. The van der Waals surface area contributed by atoms with E-state index in [1.54, 1.807) is 36.3 Å². The highest BCUT2D eigenvalue weighted by atomic mass is 32.2. The van der Waals surface area contributed by atoms with Crippen LogP contribution in [0.5, 0.6) is 5.75 Å². The Hall–Kier alpha value is -2.74. The van der Waals surface area contributed by atoms with Crippen molar-refractivity contribution in [1.82, 2.24) is 4.90 Å². The number of anilines is 2. The molecule has 0 aliphatic carbocycles. The van der Waals surface area contributed by atoms with Crippen molar-refractivity contribution in [2.24, 2.45) is 0 Å². The molecule has 0 aromatic heterocycles. The number of ether oxygens (including phenoxy) is 1. The lowest BCUT2D eigenvalue weighted by molar-refractivity contribution is 0.0748. The van der Waals surface area contributed by atoms with E-state index in [1.807, 2.05) is 24.3 Å². The summed E-state index contributed by atoms with van der Waals surface area (Å²) < 4.78 is 30.9. The Morgan fingerprint density at radius 1 is 1.00 bits per heavy atom. The van der Waals surface area contributed by atoms with Gasteiger partial charge in [0, 0.05) is 26.2 Å². The monoisotopic (exact) mass is 389 g/mol. The van der Waals surface area contributed by atoms with Crippen molar-refractivity contribution in [2.45, 2.75) is 0 Å². The van der Waals surface area contributed by atoms with Crippen LogP contribution in [0, 0.1) is 0 Å². The largest absolute Gasteiger partial charge is 0.495 e. The van der Waals surface area contributed by atoms with E-state index in [9.17, 15) is 13.2 Å². The molecule has 0 radical (unpaired) electrons. The van der Waals surface area contributed by atoms with Crippen LogP contribution < -0.4 is 14.4 Å². The highest BCUT2D eigenvalue weighted by molar-refractivity contribution is 7.92. The van der Waals surface area contributed by atoms with Gasteiger partial charge in [0.2, 0.25) is 10.0 Å². The normalized spacial score (nSPS) is 14.7. The summed E-state index contributed by atoms with van der Waals surface area (Å²) in [5, 5.41) is 0. The quantitative estimate of drug-likeness (QED) is 0.847. The lowest BCUT2D eigenvalue weighted by Crippen LogP contribution is -2.49. The molecular formula is C19H23N3O4S. The number of amides is 1. The number of carbonyl (C=O) groups excluding carboxylic acids is 1. The zero-order valence-corrected chi connectivity index (χ0v) is 16.2. The second-order valence-electron chi connectivity index (χ2n) is 6.37. The van der Waals surface area contributed by atoms with E-state index in [0.29, 0.717) is 37.4 Å². The van der Waals surface area contributed by atoms with Gasteiger partial charge in [0.25, 0.3) is 5.91 Å². The average molecular weight is 389 g/mol. The van der Waals surface area contributed by atoms with Gasteiger partial charge in [-0.3, -0.25) is 9.52 Å². The standard InChI is InChI=1S/C19H23N3O4S/c1-26-18-10-6-5-9-17(18)21-11-13-22(14-12-21)19(23)15-7-3-4-8-16(15)20-27(2,24)25/h3-10,20H,11-14H2,1-2H3. The molecule has 1 amide bonds. The van der Waals surface area contributed by atoms with Crippen LogP contribution in [-0.4, -0.2) is 58.8 Å². The van der Waals surface area contributed by atoms with Crippen molar-refractivity contribution in [3.63, 3.8) is 0 Å². The summed E-state index contributed by atoms with van der Waals surface area (Å²) in [6.45, 7) is 2.44. The summed E-state index contributed by atoms with van der Waals surface area (Å²) in [5.41, 5.74) is 1.66. The number of benzene rings is 2. The van der Waals surface area contributed by atoms with Gasteiger partial charge in [0.05, 0.1) is 30.3 Å². The first kappa shape index (κ1) is 19.0. The predicted molar refractivity (Wildman–Crippen MR) is 106 cm³/mol. The van der Waals surface area contributed by atoms with Gasteiger partial charge in [-0.2, -0.15) is 0 Å². The number of nitrogens with one attached hydrogen (secondary N) is 1. The molecule has 2 aromatic rings. The van der Waals surface area contributed by atoms with Gasteiger partial charge in [-0.1, -0.05) is 24.3 Å². The van der Waals surface area contributed by atoms with Crippen LogP contribution in [-0.2, 0) is 10.0 Å². The summed E-state index contributed by atoms with van der Waals surface area (Å²) in [5.74, 6) is 0.626. The maximum absolute atomic E-state index is 12.9. The van der Waals surface area contributed by atoms with Gasteiger partial charge in [-0.25, -0.2) is 8.42 Å². The topological polar surface area (TPSA) is 79.0 Å². The minimum atomic E-state index is -3.46. The van der Waals surface area contributed by atoms with Crippen LogP contribution in [0.15, 0.2) is 48.5 Å². The molecule has 1 aliphatic heterocycles. The smallest absolute Gasteiger partial charge is 0.256 e. The van der Waals surface area contributed by atoms with E-state index < -0.39 is 10.0 Å². The molecule has 144 valence electrons. The second kappa shape index (κ2) is 7.87. The van der Waals surface area contributed by atoms with Crippen molar-refractivity contribution in [3.05, 3.63) is 54.1 Å². The molecule has 0 saturated carbocycles. The minimum Gasteiger partial charge on any atom is -0.495 e. The molecule has 1 saturated heterocycles. The number of piperazine rings is 1. The zero-order valence-electron chi connectivity index (χ0n) is 15.4. The Balaban J connectivity index is 1.73. The molecule has 1 aliphatic rings. The van der Waals surface area contributed by atoms with Crippen LogP contribution in [0.4, 0.5) is 11.4 Å². The highest BCUT2D eigenvalue weighted by Crippen LogP contribution is 2.29. The summed E-state index contributed by atoms with van der Waals surface area (Å²) in [7, 11) is -1.82. The fourth-order valence-electron chi connectivity index (χ4n) is 3.17. The molecule has 1 fully saturated rings. The summed E-state index contributed by atoms with van der Waals surface area (Å²) in [4.78, 5) is 16.8. The first-order valence-electron chi connectivity index (χ1n) is 8.63. The number of rotatable bonds is 5. The number of hydrogen-bond acceptors (Lipinski definition) is 5. The number of carbonyl (C=O) groups is 1. The van der Waals surface area contributed by atoms with Crippen LogP contribution >= 0.6 is 0 Å². The molecule has 8 heteroatoms. The number of sulfonamides is 1. The van der Waals surface area contributed by atoms with Crippen LogP contribution in [0.2, 0.25) is 0 Å². The first-order valence-corrected chi connectivity index (χ1v) is 10.5. The molecule has 0 atom stereocenters. The van der Waals surface area contributed by atoms with Crippen LogP contribution in [0.3, 0.4) is 0 Å². The third-order valence-corrected chi connectivity index (χ3v) is 5.04. The van der Waals surface area contributed by atoms with E-state index in [-0.39, 0.29) is 5.91 Å². The SMILES string of the molecule is COc1ccccc1N1CCN(C(=O)c2ccccc2NS(C)(=O)=O)CC1. The fraction of sp³-hybridized carbons (Fsp3) is 0.316. The Labute approximate surface area is 159 Å². The molecule has 2 aromatic carbocycles. The minimum absolute atomic E-state index is 0.179. The molecule has 0 bridgehead atoms. The molecule has 0 unspecified atom stereocenters.